The molecule has 1 heterocycles. The average Bonchev–Trinajstić information content (AvgIpc) is 2.06. The van der Waals surface area contributed by atoms with E-state index in [1.54, 1.807) is 18.2 Å². The molecule has 0 spiro atoms. The maximum atomic E-state index is 8.19. The van der Waals surface area contributed by atoms with Crippen LogP contribution in [0, 0.1) is 0 Å². The van der Waals surface area contributed by atoms with Gasteiger partial charge in [-0.15, -0.1) is 0 Å². The van der Waals surface area contributed by atoms with Crippen LogP contribution in [0.3, 0.4) is 0 Å². The molecule has 2 N–H and O–H groups in total. The van der Waals surface area contributed by atoms with E-state index < -0.39 is 0 Å². The second kappa shape index (κ2) is 4.07. The van der Waals surface area contributed by atoms with Gasteiger partial charge < -0.3 is 10.4 Å². The number of aromatic nitrogens is 1. The summed E-state index contributed by atoms with van der Waals surface area (Å²) in [4.78, 5) is 3.93. The van der Waals surface area contributed by atoms with Crippen molar-refractivity contribution in [2.45, 2.75) is 0 Å². The van der Waals surface area contributed by atoms with E-state index >= 15 is 0 Å². The van der Waals surface area contributed by atoms with E-state index in [9.17, 15) is 0 Å². The summed E-state index contributed by atoms with van der Waals surface area (Å²) in [5.74, 6) is 0. The predicted molar refractivity (Wildman–Crippen MR) is 43.0 cm³/mol. The molecular formula is C7H7N3O2. The van der Waals surface area contributed by atoms with Crippen LogP contribution in [0.1, 0.15) is 11.4 Å². The van der Waals surface area contributed by atoms with Gasteiger partial charge in [0.25, 0.3) is 0 Å². The van der Waals surface area contributed by atoms with Crippen LogP contribution in [0.25, 0.3) is 0 Å². The maximum Gasteiger partial charge on any atom is 0.0918 e. The lowest BCUT2D eigenvalue weighted by molar-refractivity contribution is 0.321. The largest absolute Gasteiger partial charge is 0.411 e. The highest BCUT2D eigenvalue weighted by molar-refractivity contribution is 5.81. The summed E-state index contributed by atoms with van der Waals surface area (Å²) in [6.45, 7) is 0. The third-order valence-electron chi connectivity index (χ3n) is 1.17. The molecule has 0 atom stereocenters. The zero-order valence-electron chi connectivity index (χ0n) is 6.12. The van der Waals surface area contributed by atoms with E-state index in [2.05, 4.69) is 15.3 Å². The number of pyridine rings is 1. The molecular weight excluding hydrogens is 158 g/mol. The van der Waals surface area contributed by atoms with E-state index in [-0.39, 0.29) is 0 Å². The summed E-state index contributed by atoms with van der Waals surface area (Å²) in [6, 6.07) is 5.03. The summed E-state index contributed by atoms with van der Waals surface area (Å²) in [5, 5.41) is 22.0. The first-order valence-corrected chi connectivity index (χ1v) is 3.18. The minimum Gasteiger partial charge on any atom is -0.411 e. The minimum atomic E-state index is 0.495. The molecule has 1 aromatic heterocycles. The average molecular weight is 165 g/mol. The molecule has 0 fully saturated rings. The Bertz CT molecular complexity index is 282. The van der Waals surface area contributed by atoms with Gasteiger partial charge in [0.1, 0.15) is 0 Å². The Labute approximate surface area is 68.7 Å². The minimum absolute atomic E-state index is 0.495. The van der Waals surface area contributed by atoms with Crippen molar-refractivity contribution in [2.24, 2.45) is 10.3 Å². The Hall–Kier alpha value is -1.91. The van der Waals surface area contributed by atoms with Crippen LogP contribution in [-0.2, 0) is 0 Å². The number of hydrogen-bond donors (Lipinski definition) is 2. The Balaban J connectivity index is 2.95. The lowest BCUT2D eigenvalue weighted by Crippen LogP contribution is -1.92. The van der Waals surface area contributed by atoms with Crippen molar-refractivity contribution in [1.82, 2.24) is 4.98 Å². The van der Waals surface area contributed by atoms with Crippen molar-refractivity contribution < 1.29 is 10.4 Å². The first-order valence-electron chi connectivity index (χ1n) is 3.18. The highest BCUT2D eigenvalue weighted by Crippen LogP contribution is 1.94. The molecule has 0 aliphatic rings. The number of oxime groups is 2. The Morgan fingerprint density at radius 2 is 1.58 bits per heavy atom. The van der Waals surface area contributed by atoms with Crippen molar-refractivity contribution >= 4 is 12.4 Å². The second-order valence-corrected chi connectivity index (χ2v) is 1.98. The molecule has 0 aliphatic heterocycles. The van der Waals surface area contributed by atoms with Crippen molar-refractivity contribution in [1.29, 1.82) is 0 Å². The summed E-state index contributed by atoms with van der Waals surface area (Å²) < 4.78 is 0. The molecule has 1 rings (SSSR count). The van der Waals surface area contributed by atoms with Gasteiger partial charge in [0.05, 0.1) is 23.8 Å². The van der Waals surface area contributed by atoms with Gasteiger partial charge in [-0.05, 0) is 12.1 Å². The predicted octanol–water partition coefficient (Wildman–Crippen LogP) is 0.698. The van der Waals surface area contributed by atoms with Gasteiger partial charge in [-0.2, -0.15) is 0 Å². The van der Waals surface area contributed by atoms with Crippen molar-refractivity contribution in [2.75, 3.05) is 0 Å². The lowest BCUT2D eigenvalue weighted by atomic mass is 10.3. The van der Waals surface area contributed by atoms with E-state index in [1.807, 2.05) is 0 Å². The van der Waals surface area contributed by atoms with Gasteiger partial charge >= 0.3 is 0 Å². The summed E-state index contributed by atoms with van der Waals surface area (Å²) in [5.41, 5.74) is 0.991. The summed E-state index contributed by atoms with van der Waals surface area (Å²) >= 11 is 0. The molecule has 0 radical (unpaired) electrons. The van der Waals surface area contributed by atoms with Gasteiger partial charge in [-0.25, -0.2) is 4.98 Å². The van der Waals surface area contributed by atoms with Crippen LogP contribution >= 0.6 is 0 Å². The van der Waals surface area contributed by atoms with Crippen LogP contribution in [0.15, 0.2) is 28.5 Å². The zero-order valence-corrected chi connectivity index (χ0v) is 6.12. The smallest absolute Gasteiger partial charge is 0.0918 e. The van der Waals surface area contributed by atoms with Gasteiger partial charge in [0.2, 0.25) is 0 Å². The van der Waals surface area contributed by atoms with Crippen molar-refractivity contribution in [3.8, 4) is 0 Å². The fraction of sp³-hybridized carbons (Fsp3) is 0. The number of nitrogens with zero attached hydrogens (tertiary/aromatic N) is 3. The molecule has 0 saturated carbocycles. The lowest BCUT2D eigenvalue weighted by Gasteiger charge is -1.92. The molecule has 12 heavy (non-hydrogen) atoms. The van der Waals surface area contributed by atoms with Gasteiger partial charge in [-0.1, -0.05) is 16.4 Å². The standard InChI is InChI=1S/C7H7N3O2/c11-8-4-6-2-1-3-7(10-6)5-9-12/h1-5,11-12H/b8-4+,9-5+. The van der Waals surface area contributed by atoms with E-state index in [4.69, 9.17) is 10.4 Å². The molecule has 5 heteroatoms. The van der Waals surface area contributed by atoms with Crippen molar-refractivity contribution in [3.63, 3.8) is 0 Å². The zero-order chi connectivity index (χ0) is 8.81. The van der Waals surface area contributed by atoms with Crippen LogP contribution in [0.4, 0.5) is 0 Å². The first-order chi connectivity index (χ1) is 5.86. The monoisotopic (exact) mass is 165 g/mol. The SMILES string of the molecule is O/N=C/c1cccc(/C=N/O)n1. The Morgan fingerprint density at radius 3 is 2.00 bits per heavy atom. The highest BCUT2D eigenvalue weighted by Gasteiger charge is 1.91. The highest BCUT2D eigenvalue weighted by atomic mass is 16.4. The van der Waals surface area contributed by atoms with E-state index in [0.29, 0.717) is 11.4 Å². The first kappa shape index (κ1) is 8.19. The molecule has 5 nitrogen and oxygen atoms in total. The van der Waals surface area contributed by atoms with Crippen LogP contribution in [-0.4, -0.2) is 27.8 Å². The van der Waals surface area contributed by atoms with E-state index in [1.165, 1.54) is 12.4 Å². The van der Waals surface area contributed by atoms with Crippen LogP contribution in [0.5, 0.6) is 0 Å². The molecule has 0 amide bonds. The fourth-order valence-corrected chi connectivity index (χ4v) is 0.731. The molecule has 0 aliphatic carbocycles. The molecule has 0 aromatic carbocycles. The second-order valence-electron chi connectivity index (χ2n) is 1.98. The third kappa shape index (κ3) is 2.05. The topological polar surface area (TPSA) is 78.1 Å². The third-order valence-corrected chi connectivity index (χ3v) is 1.17. The quantitative estimate of drug-likeness (QED) is 0.384. The number of hydrogen-bond acceptors (Lipinski definition) is 5. The molecule has 0 unspecified atom stereocenters. The molecule has 0 bridgehead atoms. The van der Waals surface area contributed by atoms with Crippen LogP contribution < -0.4 is 0 Å². The molecule has 1 aromatic rings. The Morgan fingerprint density at radius 1 is 1.08 bits per heavy atom. The van der Waals surface area contributed by atoms with Gasteiger partial charge in [0, 0.05) is 0 Å². The molecule has 62 valence electrons. The van der Waals surface area contributed by atoms with Gasteiger partial charge in [-0.3, -0.25) is 0 Å². The maximum absolute atomic E-state index is 8.19. The van der Waals surface area contributed by atoms with Gasteiger partial charge in [0.15, 0.2) is 0 Å². The number of rotatable bonds is 2. The Kier molecular flexibility index (Phi) is 2.78. The van der Waals surface area contributed by atoms with Crippen molar-refractivity contribution in [3.05, 3.63) is 29.6 Å². The summed E-state index contributed by atoms with van der Waals surface area (Å²) in [6.07, 6.45) is 2.38. The van der Waals surface area contributed by atoms with E-state index in [0.717, 1.165) is 0 Å². The summed E-state index contributed by atoms with van der Waals surface area (Å²) in [7, 11) is 0. The fourth-order valence-electron chi connectivity index (χ4n) is 0.731. The molecule has 0 saturated heterocycles. The van der Waals surface area contributed by atoms with Crippen LogP contribution in [0.2, 0.25) is 0 Å². The normalized spacial score (nSPS) is 11.3.